The Balaban J connectivity index is 1.86. The maximum Gasteiger partial charge on any atom is 0.311 e. The zero-order valence-electron chi connectivity index (χ0n) is 34.4. The minimum absolute atomic E-state index is 0.0570. The second kappa shape index (κ2) is 17.6. The molecule has 4 fully saturated rings. The number of ether oxygens (including phenoxy) is 6. The van der Waals surface area contributed by atoms with Crippen LogP contribution in [0.5, 0.6) is 0 Å². The molecule has 18 atom stereocenters. The van der Waals surface area contributed by atoms with Crippen molar-refractivity contribution in [1.82, 2.24) is 4.90 Å². The van der Waals surface area contributed by atoms with Crippen LogP contribution < -0.4 is 0 Å². The monoisotopic (exact) mass is 774 g/mol. The molecule has 3 heterocycles. The van der Waals surface area contributed by atoms with Gasteiger partial charge in [0.1, 0.15) is 23.9 Å². The van der Waals surface area contributed by atoms with Crippen molar-refractivity contribution in [3.8, 4) is 0 Å². The Labute approximate surface area is 321 Å². The van der Waals surface area contributed by atoms with Crippen molar-refractivity contribution in [2.45, 2.75) is 185 Å². The number of carbonyl (C=O) groups excluding carboxylic acids is 1. The second-order valence-electron chi connectivity index (χ2n) is 17.8. The maximum atomic E-state index is 14.4. The van der Waals surface area contributed by atoms with E-state index in [9.17, 15) is 35.5 Å². The largest absolute Gasteiger partial charge is 0.459 e. The number of hydrogen-bond acceptors (Lipinski definition) is 15. The quantitative estimate of drug-likeness (QED) is 0.125. The van der Waals surface area contributed by atoms with E-state index in [1.54, 1.807) is 48.5 Å². The highest BCUT2D eigenvalue weighted by molar-refractivity contribution is 5.88. The molecule has 6 N–H and O–H groups in total. The number of cyclic esters (lactones) is 1. The molecule has 0 aromatic carbocycles. The number of rotatable bonds is 7. The fraction of sp³-hybridized carbons (Fsp3) is 0.949. The summed E-state index contributed by atoms with van der Waals surface area (Å²) in [5.41, 5.74) is -4.63. The van der Waals surface area contributed by atoms with Gasteiger partial charge < -0.3 is 64.1 Å². The highest BCUT2D eigenvalue weighted by Crippen LogP contribution is 2.43. The van der Waals surface area contributed by atoms with Crippen LogP contribution in [0.2, 0.25) is 0 Å². The van der Waals surface area contributed by atoms with Crippen LogP contribution in [0.3, 0.4) is 0 Å². The summed E-state index contributed by atoms with van der Waals surface area (Å²) in [6.07, 6.45) is -7.29. The molecule has 15 nitrogen and oxygen atoms in total. The van der Waals surface area contributed by atoms with E-state index in [1.165, 1.54) is 14.0 Å². The van der Waals surface area contributed by atoms with E-state index in [-0.39, 0.29) is 36.6 Å². The molecule has 0 bridgehead atoms. The highest BCUT2D eigenvalue weighted by Gasteiger charge is 2.55. The first-order valence-electron chi connectivity index (χ1n) is 19.7. The topological polar surface area (TPSA) is 209 Å². The van der Waals surface area contributed by atoms with E-state index in [0.29, 0.717) is 19.3 Å². The minimum atomic E-state index is -1.94. The number of likely N-dealkylation sites (N-methyl/N-ethyl adjacent to an activating group) is 1. The van der Waals surface area contributed by atoms with Crippen LogP contribution in [0.25, 0.3) is 0 Å². The van der Waals surface area contributed by atoms with Crippen LogP contribution in [0.4, 0.5) is 0 Å². The zero-order chi connectivity index (χ0) is 40.7. The predicted octanol–water partition coefficient (Wildman–Crippen LogP) is 2.44. The molecule has 0 amide bonds. The van der Waals surface area contributed by atoms with Gasteiger partial charge in [-0.15, -0.1) is 0 Å². The van der Waals surface area contributed by atoms with Gasteiger partial charge in [0.05, 0.1) is 53.4 Å². The van der Waals surface area contributed by atoms with Gasteiger partial charge >= 0.3 is 5.97 Å². The van der Waals surface area contributed by atoms with Crippen molar-refractivity contribution in [1.29, 1.82) is 0 Å². The molecule has 1 aliphatic carbocycles. The Morgan fingerprint density at radius 1 is 0.889 bits per heavy atom. The fourth-order valence-corrected chi connectivity index (χ4v) is 9.39. The summed E-state index contributed by atoms with van der Waals surface area (Å²) < 4.78 is 37.7. The molecular weight excluding hydrogens is 704 g/mol. The van der Waals surface area contributed by atoms with Gasteiger partial charge in [0, 0.05) is 37.3 Å². The number of methoxy groups -OCH3 is 1. The average molecular weight is 775 g/mol. The standard InChI is InChI=1S/C39H70N2O13/c1-19-17-37(7,46)33(54-36-29(42)26(41(10)11)16-20(2)50-36)22(4)30(52-27-18-38(8,49-12)32(44)24(6)51-27)23(5)35(45)53-34(25-14-13-15-25)39(9,47)31(43)21(3)28(19)40-48/h19-27,29-34,36,42-44,46-48H,13-18H2,1-12H3/b40-28-/t19-,20+,21+,22+,23-,24+,26-,27+,29+,30+,31-,32+,33-,34-,36-,37-,38-,39+/m1/s1. The molecule has 15 heteroatoms. The average Bonchev–Trinajstić information content (AvgIpc) is 3.06. The summed E-state index contributed by atoms with van der Waals surface area (Å²) in [6.45, 7) is 15.1. The number of esters is 1. The maximum absolute atomic E-state index is 14.4. The summed E-state index contributed by atoms with van der Waals surface area (Å²) in [7, 11) is 5.21. The lowest BCUT2D eigenvalue weighted by Crippen LogP contribution is -2.62. The number of oxime groups is 1. The number of nitrogens with zero attached hydrogens (tertiary/aromatic N) is 2. The van der Waals surface area contributed by atoms with E-state index in [2.05, 4.69) is 5.16 Å². The van der Waals surface area contributed by atoms with Crippen molar-refractivity contribution < 1.29 is 64.0 Å². The van der Waals surface area contributed by atoms with Gasteiger partial charge in [-0.1, -0.05) is 32.3 Å². The van der Waals surface area contributed by atoms with Gasteiger partial charge in [-0.2, -0.15) is 0 Å². The van der Waals surface area contributed by atoms with Gasteiger partial charge in [0.2, 0.25) is 0 Å². The lowest BCUT2D eigenvalue weighted by molar-refractivity contribution is -0.318. The molecule has 0 aromatic rings. The zero-order valence-corrected chi connectivity index (χ0v) is 34.4. The summed E-state index contributed by atoms with van der Waals surface area (Å²) in [5.74, 6) is -4.39. The van der Waals surface area contributed by atoms with E-state index < -0.39 is 102 Å². The van der Waals surface area contributed by atoms with Gasteiger partial charge in [-0.05, 0) is 87.2 Å². The Morgan fingerprint density at radius 2 is 1.52 bits per heavy atom. The molecule has 0 unspecified atom stereocenters. The number of hydrogen-bond donors (Lipinski definition) is 6. The molecule has 0 aromatic heterocycles. The van der Waals surface area contributed by atoms with E-state index in [1.807, 2.05) is 25.9 Å². The van der Waals surface area contributed by atoms with Crippen LogP contribution in [0, 0.1) is 29.6 Å². The number of aliphatic hydroxyl groups excluding tert-OH is 3. The summed E-state index contributed by atoms with van der Waals surface area (Å²) >= 11 is 0. The minimum Gasteiger partial charge on any atom is -0.459 e. The Morgan fingerprint density at radius 3 is 2.06 bits per heavy atom. The molecule has 3 saturated heterocycles. The summed E-state index contributed by atoms with van der Waals surface area (Å²) in [5, 5.41) is 72.7. The predicted molar refractivity (Wildman–Crippen MR) is 198 cm³/mol. The molecule has 1 saturated carbocycles. The molecule has 314 valence electrons. The number of aliphatic hydroxyl groups is 5. The van der Waals surface area contributed by atoms with Crippen molar-refractivity contribution in [2.24, 2.45) is 34.7 Å². The van der Waals surface area contributed by atoms with E-state index in [4.69, 9.17) is 28.4 Å². The smallest absolute Gasteiger partial charge is 0.311 e. The highest BCUT2D eigenvalue weighted by atomic mass is 16.7. The van der Waals surface area contributed by atoms with Gasteiger partial charge in [0.25, 0.3) is 0 Å². The van der Waals surface area contributed by atoms with Crippen molar-refractivity contribution >= 4 is 11.7 Å². The lowest BCUT2D eigenvalue weighted by atomic mass is 9.69. The molecule has 4 rings (SSSR count). The first-order chi connectivity index (χ1) is 25.0. The first-order valence-corrected chi connectivity index (χ1v) is 19.7. The van der Waals surface area contributed by atoms with Crippen LogP contribution in [0.1, 0.15) is 101 Å². The fourth-order valence-electron chi connectivity index (χ4n) is 9.39. The third-order valence-corrected chi connectivity index (χ3v) is 13.1. The normalized spacial score (nSPS) is 50.0. The number of carbonyl (C=O) groups is 1. The van der Waals surface area contributed by atoms with E-state index >= 15 is 0 Å². The second-order valence-corrected chi connectivity index (χ2v) is 17.8. The van der Waals surface area contributed by atoms with E-state index in [0.717, 1.165) is 6.42 Å². The van der Waals surface area contributed by atoms with Gasteiger partial charge in [-0.3, -0.25) is 4.79 Å². The molecule has 4 aliphatic rings. The molecule has 0 radical (unpaired) electrons. The van der Waals surface area contributed by atoms with Crippen molar-refractivity contribution in [2.75, 3.05) is 21.2 Å². The third kappa shape index (κ3) is 9.28. The molecule has 0 spiro atoms. The Hall–Kier alpha value is -1.50. The van der Waals surface area contributed by atoms with Crippen molar-refractivity contribution in [3.05, 3.63) is 0 Å². The Bertz CT molecular complexity index is 1280. The van der Waals surface area contributed by atoms with Gasteiger partial charge in [0.15, 0.2) is 12.6 Å². The summed E-state index contributed by atoms with van der Waals surface area (Å²) in [6, 6.07) is -0.320. The van der Waals surface area contributed by atoms with Crippen LogP contribution in [0.15, 0.2) is 5.16 Å². The lowest BCUT2D eigenvalue weighted by Gasteiger charge is -2.49. The SMILES string of the molecule is CO[C@]1(C)C[C@H](O[C@H]2[C@H](C)[C@@H](O[C@H]3O[C@@H](C)C[C@@H](N(C)C)[C@@H]3O)[C@](C)(O)C[C@@H](C)/C(=N/O)[C@H](C)[C@@H](O)[C@](C)(O)[C@@H](C3CCC3)OC(=O)[C@@H]2C)O[C@@H](C)[C@@H]1O. The van der Waals surface area contributed by atoms with Crippen molar-refractivity contribution in [3.63, 3.8) is 0 Å². The first kappa shape index (κ1) is 45.2. The Kier molecular flexibility index (Phi) is 14.7. The van der Waals surface area contributed by atoms with Gasteiger partial charge in [-0.25, -0.2) is 0 Å². The van der Waals surface area contributed by atoms with Crippen LogP contribution in [-0.4, -0.2) is 153 Å². The van der Waals surface area contributed by atoms with Crippen LogP contribution >= 0.6 is 0 Å². The molecular formula is C39H70N2O13. The third-order valence-electron chi connectivity index (χ3n) is 13.1. The molecule has 3 aliphatic heterocycles. The van der Waals surface area contributed by atoms with Crippen LogP contribution in [-0.2, 0) is 33.2 Å². The summed E-state index contributed by atoms with van der Waals surface area (Å²) in [4.78, 5) is 16.3. The molecule has 54 heavy (non-hydrogen) atoms.